The van der Waals surface area contributed by atoms with Gasteiger partial charge in [0.2, 0.25) is 11.8 Å². The first kappa shape index (κ1) is 11.8. The maximum Gasteiger partial charge on any atom is 0.237 e. The molecule has 0 saturated heterocycles. The highest BCUT2D eigenvalue weighted by Gasteiger charge is 2.42. The third-order valence-electron chi connectivity index (χ3n) is 3.58. The van der Waals surface area contributed by atoms with E-state index in [1.54, 1.807) is 0 Å². The molecule has 1 aromatic heterocycles. The summed E-state index contributed by atoms with van der Waals surface area (Å²) in [7, 11) is 0. The number of aliphatic imine (C=N–C) groups is 1. The maximum absolute atomic E-state index is 12.4. The van der Waals surface area contributed by atoms with Gasteiger partial charge in [-0.3, -0.25) is 4.79 Å². The molecule has 20 heavy (non-hydrogen) atoms. The Morgan fingerprint density at radius 1 is 1.35 bits per heavy atom. The highest BCUT2D eigenvalue weighted by molar-refractivity contribution is 8.13. The van der Waals surface area contributed by atoms with Crippen LogP contribution in [0.5, 0.6) is 5.88 Å². The number of rotatable bonds is 0. The number of thioether (sulfide) groups is 1. The van der Waals surface area contributed by atoms with E-state index in [-0.39, 0.29) is 11.8 Å². The Morgan fingerprint density at radius 3 is 3.05 bits per heavy atom. The lowest BCUT2D eigenvalue weighted by molar-refractivity contribution is -0.123. The molecule has 1 aromatic carbocycles. The van der Waals surface area contributed by atoms with Crippen LogP contribution in [-0.4, -0.2) is 28.5 Å². The van der Waals surface area contributed by atoms with Crippen molar-refractivity contribution in [2.75, 3.05) is 6.26 Å². The monoisotopic (exact) mass is 288 g/mol. The number of nitrogens with one attached hydrogen (secondary N) is 3. The summed E-state index contributed by atoms with van der Waals surface area (Å²) in [5.41, 5.74) is 4.66. The molecule has 0 unspecified atom stereocenters. The molecule has 0 fully saturated rings. The molecule has 2 atom stereocenters. The first-order valence-corrected chi connectivity index (χ1v) is 7.46. The molecule has 3 N–H and O–H groups in total. The van der Waals surface area contributed by atoms with Crippen LogP contribution in [0.15, 0.2) is 29.3 Å². The molecule has 0 saturated carbocycles. The average molecular weight is 288 g/mol. The fourth-order valence-corrected chi connectivity index (χ4v) is 3.12. The molecule has 4 rings (SSSR count). The number of para-hydroxylation sites is 1. The van der Waals surface area contributed by atoms with Gasteiger partial charge in [0.25, 0.3) is 0 Å². The number of hydrogen-bond donors (Lipinski definition) is 3. The summed E-state index contributed by atoms with van der Waals surface area (Å²) in [4.78, 5) is 25.5. The predicted octanol–water partition coefficient (Wildman–Crippen LogP) is 1.32. The molecule has 0 spiro atoms. The topological polar surface area (TPSA) is 78.5 Å². The van der Waals surface area contributed by atoms with Crippen molar-refractivity contribution in [3.05, 3.63) is 29.8 Å². The molecule has 7 heteroatoms. The molecular formula is C13H12N4O2S. The number of hydrogen-bond acceptors (Lipinski definition) is 5. The largest absolute Gasteiger partial charge is 0.388 e. The Balaban J connectivity index is 1.91. The first-order chi connectivity index (χ1) is 9.78. The highest BCUT2D eigenvalue weighted by atomic mass is 32.2. The number of amidine groups is 1. The molecular weight excluding hydrogens is 276 g/mol. The van der Waals surface area contributed by atoms with Gasteiger partial charge in [0, 0.05) is 16.5 Å². The Labute approximate surface area is 118 Å². The van der Waals surface area contributed by atoms with Crippen molar-refractivity contribution in [1.29, 1.82) is 0 Å². The van der Waals surface area contributed by atoms with Gasteiger partial charge in [-0.05, 0) is 12.3 Å². The second-order valence-corrected chi connectivity index (χ2v) is 5.48. The van der Waals surface area contributed by atoms with Gasteiger partial charge in [0.15, 0.2) is 11.3 Å². The van der Waals surface area contributed by atoms with Crippen molar-refractivity contribution in [2.24, 2.45) is 4.99 Å². The van der Waals surface area contributed by atoms with Gasteiger partial charge in [-0.25, -0.2) is 4.99 Å². The number of fused-ring (bicyclic) bond motifs is 5. The second kappa shape index (κ2) is 4.26. The van der Waals surface area contributed by atoms with E-state index < -0.39 is 6.17 Å². The number of nitrogens with zero attached hydrogens (tertiary/aromatic N) is 1. The van der Waals surface area contributed by atoms with Crippen LogP contribution in [0.4, 0.5) is 0 Å². The zero-order valence-corrected chi connectivity index (χ0v) is 11.5. The zero-order valence-electron chi connectivity index (χ0n) is 10.6. The van der Waals surface area contributed by atoms with Crippen LogP contribution < -0.4 is 15.6 Å². The lowest BCUT2D eigenvalue weighted by Crippen LogP contribution is -2.51. The molecule has 102 valence electrons. The van der Waals surface area contributed by atoms with Crippen LogP contribution in [0.3, 0.4) is 0 Å². The van der Waals surface area contributed by atoms with Gasteiger partial charge < -0.3 is 15.1 Å². The third kappa shape index (κ3) is 1.56. The van der Waals surface area contributed by atoms with Crippen molar-refractivity contribution in [2.45, 2.75) is 12.1 Å². The summed E-state index contributed by atoms with van der Waals surface area (Å²) in [5.74, 6) is 0.146. The van der Waals surface area contributed by atoms with Crippen molar-refractivity contribution in [1.82, 2.24) is 15.8 Å². The molecule has 3 heterocycles. The van der Waals surface area contributed by atoms with Gasteiger partial charge in [-0.15, -0.1) is 5.48 Å². The van der Waals surface area contributed by atoms with E-state index >= 15 is 0 Å². The quantitative estimate of drug-likeness (QED) is 0.683. The smallest absolute Gasteiger partial charge is 0.237 e. The Hall–Kier alpha value is -1.99. The number of aromatic amines is 1. The fraction of sp³-hybridized carbons (Fsp3) is 0.231. The molecule has 1 amide bonds. The van der Waals surface area contributed by atoms with E-state index in [9.17, 15) is 4.79 Å². The Kier molecular flexibility index (Phi) is 2.51. The highest BCUT2D eigenvalue weighted by Crippen LogP contribution is 2.40. The van der Waals surface area contributed by atoms with Crippen molar-refractivity contribution < 1.29 is 9.63 Å². The summed E-state index contributed by atoms with van der Waals surface area (Å²) in [6.45, 7) is 0. The number of carbonyl (C=O) groups excluding carboxylic acids is 1. The summed E-state index contributed by atoms with van der Waals surface area (Å²) >= 11 is 1.41. The second-order valence-electron chi connectivity index (χ2n) is 4.68. The summed E-state index contributed by atoms with van der Waals surface area (Å²) < 4.78 is 0. The van der Waals surface area contributed by atoms with Gasteiger partial charge in [0.1, 0.15) is 5.92 Å². The molecule has 0 aliphatic carbocycles. The minimum absolute atomic E-state index is 0.0591. The van der Waals surface area contributed by atoms with E-state index in [0.29, 0.717) is 11.0 Å². The fourth-order valence-electron chi connectivity index (χ4n) is 2.69. The van der Waals surface area contributed by atoms with Crippen molar-refractivity contribution in [3.63, 3.8) is 0 Å². The van der Waals surface area contributed by atoms with Crippen LogP contribution in [-0.2, 0) is 4.79 Å². The number of H-pyrrole nitrogens is 1. The van der Waals surface area contributed by atoms with Crippen LogP contribution >= 0.6 is 11.8 Å². The van der Waals surface area contributed by atoms with Gasteiger partial charge in [-0.1, -0.05) is 30.0 Å². The van der Waals surface area contributed by atoms with Gasteiger partial charge in [-0.2, -0.15) is 0 Å². The van der Waals surface area contributed by atoms with Crippen LogP contribution in [0.25, 0.3) is 10.9 Å². The van der Waals surface area contributed by atoms with Crippen LogP contribution in [0, 0.1) is 0 Å². The van der Waals surface area contributed by atoms with E-state index in [1.807, 2.05) is 30.5 Å². The lowest BCUT2D eigenvalue weighted by Gasteiger charge is -2.32. The normalized spacial score (nSPS) is 24.4. The standard InChI is InChI=1S/C13H12N4O2S/c1-20-13-15-10-9(11(18)16-13)8-6-4-2-3-5-7(6)14-12(8)19-17-10/h2-5,9-10,14,17H,1H3,(H,15,16,18)/t9-,10+/m0/s1. The molecule has 2 aliphatic rings. The molecule has 2 aromatic rings. The minimum atomic E-state index is -0.391. The van der Waals surface area contributed by atoms with E-state index in [1.165, 1.54) is 11.8 Å². The summed E-state index contributed by atoms with van der Waals surface area (Å²) in [6, 6.07) is 7.84. The Morgan fingerprint density at radius 2 is 2.20 bits per heavy atom. The van der Waals surface area contributed by atoms with Crippen molar-refractivity contribution in [3.8, 4) is 5.88 Å². The summed E-state index contributed by atoms with van der Waals surface area (Å²) in [6.07, 6.45) is 1.48. The molecule has 2 aliphatic heterocycles. The van der Waals surface area contributed by atoms with Crippen LogP contribution in [0.1, 0.15) is 11.5 Å². The number of carbonyl (C=O) groups is 1. The van der Waals surface area contributed by atoms with E-state index in [0.717, 1.165) is 16.5 Å². The number of benzene rings is 1. The lowest BCUT2D eigenvalue weighted by atomic mass is 9.93. The Bertz CT molecular complexity index is 739. The minimum Gasteiger partial charge on any atom is -0.388 e. The number of amides is 1. The van der Waals surface area contributed by atoms with Gasteiger partial charge >= 0.3 is 0 Å². The zero-order chi connectivity index (χ0) is 13.7. The molecule has 0 radical (unpaired) electrons. The van der Waals surface area contributed by atoms with Gasteiger partial charge in [0.05, 0.1) is 0 Å². The third-order valence-corrected chi connectivity index (χ3v) is 4.17. The van der Waals surface area contributed by atoms with E-state index in [2.05, 4.69) is 20.8 Å². The maximum atomic E-state index is 12.4. The summed E-state index contributed by atoms with van der Waals surface area (Å²) in [5, 5.41) is 4.43. The number of aromatic nitrogens is 1. The molecule has 0 bridgehead atoms. The van der Waals surface area contributed by atoms with E-state index in [4.69, 9.17) is 4.84 Å². The number of hydroxylamine groups is 1. The van der Waals surface area contributed by atoms with Crippen molar-refractivity contribution >= 4 is 33.7 Å². The SMILES string of the molecule is CSC1=N[C@@H]2NOc3[nH]c4ccccc4c3[C@@H]2C(=O)N1. The molecule has 6 nitrogen and oxygen atoms in total. The first-order valence-electron chi connectivity index (χ1n) is 6.23. The van der Waals surface area contributed by atoms with Crippen LogP contribution in [0.2, 0.25) is 0 Å². The predicted molar refractivity (Wildman–Crippen MR) is 77.7 cm³/mol. The average Bonchev–Trinajstić information content (AvgIpc) is 2.85.